The van der Waals surface area contributed by atoms with Crippen molar-refractivity contribution < 1.29 is 22.8 Å². The number of halogens is 1. The average molecular weight is 493 g/mol. The Balaban J connectivity index is 1.73. The zero-order valence-electron chi connectivity index (χ0n) is 16.6. The number of ketones is 1. The summed E-state index contributed by atoms with van der Waals surface area (Å²) in [4.78, 5) is 37.1. The molecule has 0 bridgehead atoms. The molecule has 0 unspecified atom stereocenters. The van der Waals surface area contributed by atoms with Crippen LogP contribution in [0.2, 0.25) is 0 Å². The van der Waals surface area contributed by atoms with E-state index in [1.165, 1.54) is 19.9 Å². The van der Waals surface area contributed by atoms with Crippen LogP contribution in [-0.4, -0.2) is 38.3 Å². The molecule has 0 fully saturated rings. The Bertz CT molecular complexity index is 1140. The summed E-state index contributed by atoms with van der Waals surface area (Å²) in [7, 11) is -3.77. The van der Waals surface area contributed by atoms with Gasteiger partial charge in [-0.2, -0.15) is 0 Å². The summed E-state index contributed by atoms with van der Waals surface area (Å²) >= 11 is 3.31. The lowest BCUT2D eigenvalue weighted by atomic mass is 10.1. The van der Waals surface area contributed by atoms with Gasteiger partial charge >= 0.3 is 0 Å². The number of fused-ring (bicyclic) bond motifs is 1. The Morgan fingerprint density at radius 1 is 1.13 bits per heavy atom. The second-order valence-corrected chi connectivity index (χ2v) is 10.0. The molecular weight excluding hydrogens is 472 g/mol. The van der Waals surface area contributed by atoms with Gasteiger partial charge in [0.05, 0.1) is 10.6 Å². The maximum Gasteiger partial charge on any atom is 0.225 e. The third-order valence-electron chi connectivity index (χ3n) is 4.89. The molecule has 0 radical (unpaired) electrons. The van der Waals surface area contributed by atoms with Gasteiger partial charge in [0.1, 0.15) is 0 Å². The minimum absolute atomic E-state index is 0.0563. The van der Waals surface area contributed by atoms with Crippen LogP contribution >= 0.6 is 15.9 Å². The standard InChI is InChI=1S/C21H21BrN2O5S/c1-13(25)15-4-3-5-17(10-15)23-21(27)7-9-30(28,29)20-12-19-16(11-18(20)22)6-8-24(19)14(2)26/h3-5,10-12H,6-9H2,1-2H3,(H,23,27). The Morgan fingerprint density at radius 3 is 2.53 bits per heavy atom. The molecule has 0 aliphatic carbocycles. The third-order valence-corrected chi connectivity index (χ3v) is 7.56. The smallest absolute Gasteiger partial charge is 0.225 e. The molecule has 3 rings (SSSR count). The summed E-state index contributed by atoms with van der Waals surface area (Å²) in [6.07, 6.45) is 0.419. The van der Waals surface area contributed by atoms with Crippen molar-refractivity contribution in [3.8, 4) is 0 Å². The predicted octanol–water partition coefficient (Wildman–Crippen LogP) is 3.36. The van der Waals surface area contributed by atoms with Crippen LogP contribution in [0.5, 0.6) is 0 Å². The number of hydrogen-bond acceptors (Lipinski definition) is 5. The first-order valence-electron chi connectivity index (χ1n) is 9.32. The molecule has 9 heteroatoms. The Morgan fingerprint density at radius 2 is 1.87 bits per heavy atom. The fourth-order valence-corrected chi connectivity index (χ4v) is 5.78. The first kappa shape index (κ1) is 22.2. The van der Waals surface area contributed by atoms with Crippen LogP contribution in [0.15, 0.2) is 45.8 Å². The van der Waals surface area contributed by atoms with Crippen LogP contribution in [0.25, 0.3) is 0 Å². The molecule has 0 atom stereocenters. The van der Waals surface area contributed by atoms with Crippen LogP contribution in [0, 0.1) is 0 Å². The molecule has 7 nitrogen and oxygen atoms in total. The molecule has 2 aromatic carbocycles. The molecule has 0 saturated heterocycles. The van der Waals surface area contributed by atoms with Crippen LogP contribution in [0.4, 0.5) is 11.4 Å². The van der Waals surface area contributed by atoms with E-state index in [4.69, 9.17) is 0 Å². The Labute approximate surface area is 183 Å². The fraction of sp³-hybridized carbons (Fsp3) is 0.286. The van der Waals surface area contributed by atoms with E-state index in [0.29, 0.717) is 34.4 Å². The van der Waals surface area contributed by atoms with Gasteiger partial charge in [-0.3, -0.25) is 14.4 Å². The molecule has 1 aliphatic rings. The number of Topliss-reactive ketones (excluding diaryl/α,β-unsaturated/α-hetero) is 1. The van der Waals surface area contributed by atoms with Gasteiger partial charge in [0.25, 0.3) is 0 Å². The van der Waals surface area contributed by atoms with Crippen molar-refractivity contribution in [3.63, 3.8) is 0 Å². The number of nitrogens with one attached hydrogen (secondary N) is 1. The molecular formula is C21H21BrN2O5S. The summed E-state index contributed by atoms with van der Waals surface area (Å²) in [6.45, 7) is 3.38. The molecule has 0 aromatic heterocycles. The van der Waals surface area contributed by atoms with Gasteiger partial charge in [-0.05, 0) is 59.1 Å². The van der Waals surface area contributed by atoms with Crippen LogP contribution in [0.1, 0.15) is 36.2 Å². The highest BCUT2D eigenvalue weighted by molar-refractivity contribution is 9.10. The van der Waals surface area contributed by atoms with Gasteiger partial charge in [-0.25, -0.2) is 8.42 Å². The second kappa shape index (κ2) is 8.69. The second-order valence-electron chi connectivity index (χ2n) is 7.09. The summed E-state index contributed by atoms with van der Waals surface area (Å²) in [5.74, 6) is -1.13. The van der Waals surface area contributed by atoms with E-state index in [2.05, 4.69) is 21.2 Å². The highest BCUT2D eigenvalue weighted by Crippen LogP contribution is 2.36. The lowest BCUT2D eigenvalue weighted by molar-refractivity contribution is -0.117. The SMILES string of the molecule is CC(=O)c1cccc(NC(=O)CCS(=O)(=O)c2cc3c(cc2Br)CCN3C(C)=O)c1. The highest BCUT2D eigenvalue weighted by Gasteiger charge is 2.27. The van der Waals surface area contributed by atoms with Crippen molar-refractivity contribution in [1.82, 2.24) is 0 Å². The molecule has 1 N–H and O–H groups in total. The number of sulfone groups is 1. The van der Waals surface area contributed by atoms with Crippen molar-refractivity contribution in [3.05, 3.63) is 52.0 Å². The van der Waals surface area contributed by atoms with Crippen molar-refractivity contribution >= 4 is 54.7 Å². The summed E-state index contributed by atoms with van der Waals surface area (Å²) in [5, 5.41) is 2.62. The van der Waals surface area contributed by atoms with Gasteiger partial charge in [0.15, 0.2) is 15.6 Å². The van der Waals surface area contributed by atoms with E-state index in [9.17, 15) is 22.8 Å². The van der Waals surface area contributed by atoms with Gasteiger partial charge in [0, 0.05) is 41.3 Å². The maximum atomic E-state index is 12.9. The van der Waals surface area contributed by atoms with Crippen molar-refractivity contribution in [2.45, 2.75) is 31.6 Å². The number of carbonyl (C=O) groups excluding carboxylic acids is 3. The third kappa shape index (κ3) is 4.79. The van der Waals surface area contributed by atoms with E-state index in [-0.39, 0.29) is 28.8 Å². The van der Waals surface area contributed by atoms with E-state index in [0.717, 1.165) is 5.56 Å². The number of anilines is 2. The average Bonchev–Trinajstić information content (AvgIpc) is 3.09. The number of nitrogens with zero attached hydrogens (tertiary/aromatic N) is 1. The molecule has 2 aromatic rings. The lowest BCUT2D eigenvalue weighted by Gasteiger charge is -2.16. The minimum Gasteiger partial charge on any atom is -0.326 e. The zero-order chi connectivity index (χ0) is 22.1. The summed E-state index contributed by atoms with van der Waals surface area (Å²) in [5.41, 5.74) is 2.38. The molecule has 1 heterocycles. The van der Waals surface area contributed by atoms with Crippen LogP contribution < -0.4 is 10.2 Å². The Hall–Kier alpha value is -2.52. The van der Waals surface area contributed by atoms with Crippen molar-refractivity contribution in [2.75, 3.05) is 22.5 Å². The normalized spacial score (nSPS) is 13.1. The maximum absolute atomic E-state index is 12.9. The van der Waals surface area contributed by atoms with Crippen LogP contribution in [-0.2, 0) is 25.8 Å². The molecule has 1 aliphatic heterocycles. The largest absolute Gasteiger partial charge is 0.326 e. The number of carbonyl (C=O) groups is 3. The van der Waals surface area contributed by atoms with Gasteiger partial charge in [-0.1, -0.05) is 12.1 Å². The number of rotatable bonds is 6. The summed E-state index contributed by atoms with van der Waals surface area (Å²) < 4.78 is 26.2. The quantitative estimate of drug-likeness (QED) is 0.622. The molecule has 158 valence electrons. The van der Waals surface area contributed by atoms with Crippen molar-refractivity contribution in [2.24, 2.45) is 0 Å². The molecule has 0 spiro atoms. The number of hydrogen-bond donors (Lipinski definition) is 1. The fourth-order valence-electron chi connectivity index (χ4n) is 3.33. The first-order valence-corrected chi connectivity index (χ1v) is 11.8. The topological polar surface area (TPSA) is 101 Å². The number of amides is 2. The van der Waals surface area contributed by atoms with Gasteiger partial charge in [0.2, 0.25) is 11.8 Å². The monoisotopic (exact) mass is 492 g/mol. The van der Waals surface area contributed by atoms with Crippen molar-refractivity contribution in [1.29, 1.82) is 0 Å². The molecule has 30 heavy (non-hydrogen) atoms. The lowest BCUT2D eigenvalue weighted by Crippen LogP contribution is -2.26. The predicted molar refractivity (Wildman–Crippen MR) is 118 cm³/mol. The van der Waals surface area contributed by atoms with E-state index >= 15 is 0 Å². The van der Waals surface area contributed by atoms with E-state index in [1.807, 2.05) is 0 Å². The number of benzene rings is 2. The summed E-state index contributed by atoms with van der Waals surface area (Å²) in [6, 6.07) is 9.67. The van der Waals surface area contributed by atoms with Crippen LogP contribution in [0.3, 0.4) is 0 Å². The molecule has 2 amide bonds. The highest BCUT2D eigenvalue weighted by atomic mass is 79.9. The first-order chi connectivity index (χ1) is 14.1. The van der Waals surface area contributed by atoms with Gasteiger partial charge < -0.3 is 10.2 Å². The Kier molecular flexibility index (Phi) is 6.42. The van der Waals surface area contributed by atoms with E-state index < -0.39 is 15.7 Å². The van der Waals surface area contributed by atoms with Gasteiger partial charge in [-0.15, -0.1) is 0 Å². The van der Waals surface area contributed by atoms with E-state index in [1.54, 1.807) is 35.2 Å². The molecule has 0 saturated carbocycles. The zero-order valence-corrected chi connectivity index (χ0v) is 19.0. The minimum atomic E-state index is -3.77.